The largest absolute Gasteiger partial charge is 0.489 e. The maximum Gasteiger partial charge on any atom is 0.355 e. The van der Waals surface area contributed by atoms with Crippen LogP contribution in [0.4, 0.5) is 19.6 Å². The Balaban J connectivity index is 1.08. The van der Waals surface area contributed by atoms with Crippen LogP contribution in [0.3, 0.4) is 0 Å². The molecule has 266 valence electrons. The number of hydrogen-bond donors (Lipinski definition) is 3. The molecule has 7 rings (SSSR count). The first-order chi connectivity index (χ1) is 24.8. The zero-order chi connectivity index (χ0) is 35.3. The van der Waals surface area contributed by atoms with Crippen LogP contribution in [0.25, 0.3) is 10.2 Å². The lowest BCUT2D eigenvalue weighted by Gasteiger charge is -2.36. The molecular formula is C36H36F2N6O5S2. The molecule has 11 nitrogen and oxygen atoms in total. The third kappa shape index (κ3) is 8.18. The monoisotopic (exact) mass is 734 g/mol. The number of halogens is 2. The van der Waals surface area contributed by atoms with E-state index in [1.165, 1.54) is 28.2 Å². The molecule has 0 bridgehead atoms. The number of anilines is 2. The van der Waals surface area contributed by atoms with Gasteiger partial charge in [0, 0.05) is 74.3 Å². The number of benzene rings is 3. The molecule has 51 heavy (non-hydrogen) atoms. The Hall–Kier alpha value is -4.54. The zero-order valence-electron chi connectivity index (χ0n) is 27.6. The molecule has 5 aromatic rings. The molecule has 1 atom stereocenters. The molecule has 1 amide bonds. The summed E-state index contributed by atoms with van der Waals surface area (Å²) < 4.78 is 42.8. The van der Waals surface area contributed by atoms with Crippen LogP contribution >= 0.6 is 22.7 Å². The highest BCUT2D eigenvalue weighted by molar-refractivity contribution is 7.22. The Morgan fingerprint density at radius 3 is 2.73 bits per heavy atom. The van der Waals surface area contributed by atoms with E-state index >= 15 is 8.78 Å². The first-order valence-corrected chi connectivity index (χ1v) is 18.3. The first kappa shape index (κ1) is 34.9. The minimum absolute atomic E-state index is 0.0460. The number of aromatic nitrogens is 2. The molecule has 0 radical (unpaired) electrons. The number of carboxylic acid groups (broad SMARTS) is 1. The highest BCUT2D eigenvalue weighted by Gasteiger charge is 2.30. The SMILES string of the molecule is O=C(Nc1nc2ccccc2s1)c1cccc2c1CN(C(COc1cc(F)c(NCCN3CCOCC3)cc1F)Cc1scnc1C(=O)O)CC2. The second kappa shape index (κ2) is 15.8. The highest BCUT2D eigenvalue weighted by atomic mass is 32.1. The fraction of sp³-hybridized carbons (Fsp3) is 0.333. The zero-order valence-corrected chi connectivity index (χ0v) is 29.2. The number of fused-ring (bicyclic) bond motifs is 2. The number of carbonyl (C=O) groups is 2. The van der Waals surface area contributed by atoms with E-state index in [2.05, 4.69) is 30.4 Å². The lowest BCUT2D eigenvalue weighted by molar-refractivity contribution is 0.0398. The average Bonchev–Trinajstić information content (AvgIpc) is 3.78. The Bertz CT molecular complexity index is 2000. The molecule has 1 unspecified atom stereocenters. The Labute approximate surface area is 300 Å². The summed E-state index contributed by atoms with van der Waals surface area (Å²) in [5.74, 6) is -3.03. The van der Waals surface area contributed by atoms with Crippen molar-refractivity contribution in [2.45, 2.75) is 25.4 Å². The number of nitrogens with zero attached hydrogens (tertiary/aromatic N) is 4. The van der Waals surface area contributed by atoms with Gasteiger partial charge in [0.15, 0.2) is 22.4 Å². The normalized spacial score (nSPS) is 15.7. The number of carboxylic acids is 1. The minimum atomic E-state index is -1.14. The van der Waals surface area contributed by atoms with E-state index in [9.17, 15) is 14.7 Å². The predicted octanol–water partition coefficient (Wildman–Crippen LogP) is 5.77. The Morgan fingerprint density at radius 1 is 1.06 bits per heavy atom. The van der Waals surface area contributed by atoms with Gasteiger partial charge in [-0.2, -0.15) is 0 Å². The van der Waals surface area contributed by atoms with Crippen molar-refractivity contribution in [2.24, 2.45) is 0 Å². The lowest BCUT2D eigenvalue weighted by atomic mass is 9.93. The number of thiazole rings is 2. The van der Waals surface area contributed by atoms with Gasteiger partial charge in [-0.25, -0.2) is 23.5 Å². The Morgan fingerprint density at radius 2 is 1.90 bits per heavy atom. The van der Waals surface area contributed by atoms with E-state index in [0.29, 0.717) is 61.4 Å². The number of para-hydroxylation sites is 1. The molecule has 0 spiro atoms. The summed E-state index contributed by atoms with van der Waals surface area (Å²) in [6.45, 7) is 4.88. The van der Waals surface area contributed by atoms with E-state index in [1.54, 1.807) is 6.07 Å². The number of aromatic carboxylic acids is 1. The molecule has 3 N–H and O–H groups in total. The number of amides is 1. The number of morpholine rings is 1. The molecule has 1 fully saturated rings. The van der Waals surface area contributed by atoms with Gasteiger partial charge in [-0.3, -0.25) is 19.9 Å². The van der Waals surface area contributed by atoms with Crippen molar-refractivity contribution < 1.29 is 33.0 Å². The van der Waals surface area contributed by atoms with Crippen molar-refractivity contribution in [1.29, 1.82) is 0 Å². The van der Waals surface area contributed by atoms with Crippen molar-refractivity contribution in [1.82, 2.24) is 19.8 Å². The average molecular weight is 735 g/mol. The second-order valence-electron chi connectivity index (χ2n) is 12.3. The fourth-order valence-corrected chi connectivity index (χ4v) is 8.13. The predicted molar refractivity (Wildman–Crippen MR) is 192 cm³/mol. The summed E-state index contributed by atoms with van der Waals surface area (Å²) in [5, 5.41) is 16.2. The van der Waals surface area contributed by atoms with E-state index in [0.717, 1.165) is 46.6 Å². The maximum absolute atomic E-state index is 15.3. The third-order valence-electron chi connectivity index (χ3n) is 9.14. The van der Waals surface area contributed by atoms with Crippen LogP contribution in [0.2, 0.25) is 0 Å². The second-order valence-corrected chi connectivity index (χ2v) is 14.3. The third-order valence-corrected chi connectivity index (χ3v) is 10.9. The molecule has 0 saturated carbocycles. The van der Waals surface area contributed by atoms with E-state index in [1.807, 2.05) is 36.4 Å². The summed E-state index contributed by atoms with van der Waals surface area (Å²) in [6.07, 6.45) is 0.864. The molecular weight excluding hydrogens is 699 g/mol. The summed E-state index contributed by atoms with van der Waals surface area (Å²) in [4.78, 5) is 38.9. The maximum atomic E-state index is 15.3. The van der Waals surface area contributed by atoms with Crippen molar-refractivity contribution in [2.75, 3.05) is 63.2 Å². The first-order valence-electron chi connectivity index (χ1n) is 16.7. The van der Waals surface area contributed by atoms with E-state index < -0.39 is 23.6 Å². The fourth-order valence-electron chi connectivity index (χ4n) is 6.45. The van der Waals surface area contributed by atoms with Crippen LogP contribution in [-0.2, 0) is 24.1 Å². The van der Waals surface area contributed by atoms with Gasteiger partial charge in [0.2, 0.25) is 0 Å². The standard InChI is InChI=1S/C36H36F2N6O5S2/c37-26-18-30(27(38)17-29(26)39-9-11-43-12-14-48-15-13-43)49-20-23(16-32-33(35(46)47)40-21-50-32)44-10-8-22-4-3-5-24(25(22)19-44)34(45)42-36-41-28-6-1-2-7-31(28)51-36/h1-7,17-18,21,23,39H,8-16,19-20H2,(H,46,47)(H,41,42,45). The molecule has 15 heteroatoms. The number of rotatable bonds is 13. The molecule has 0 aliphatic carbocycles. The van der Waals surface area contributed by atoms with Gasteiger partial charge in [0.05, 0.1) is 34.6 Å². The van der Waals surface area contributed by atoms with Crippen molar-refractivity contribution in [3.8, 4) is 5.75 Å². The quantitative estimate of drug-likeness (QED) is 0.137. The van der Waals surface area contributed by atoms with Crippen LogP contribution in [0, 0.1) is 11.6 Å². The van der Waals surface area contributed by atoms with Gasteiger partial charge >= 0.3 is 5.97 Å². The van der Waals surface area contributed by atoms with Crippen LogP contribution < -0.4 is 15.4 Å². The topological polar surface area (TPSA) is 129 Å². The van der Waals surface area contributed by atoms with Crippen molar-refractivity contribution in [3.05, 3.63) is 99.0 Å². The molecule has 1 saturated heterocycles. The molecule has 4 heterocycles. The Kier molecular flexibility index (Phi) is 10.8. The number of nitrogens with one attached hydrogen (secondary N) is 2. The van der Waals surface area contributed by atoms with Crippen LogP contribution in [0.15, 0.2) is 60.1 Å². The number of ether oxygens (including phenoxy) is 2. The summed E-state index contributed by atoms with van der Waals surface area (Å²) in [6, 6.07) is 15.0. The molecule has 2 aliphatic heterocycles. The number of hydrogen-bond acceptors (Lipinski definition) is 11. The highest BCUT2D eigenvalue weighted by Crippen LogP contribution is 2.31. The van der Waals surface area contributed by atoms with Gasteiger partial charge in [-0.1, -0.05) is 35.6 Å². The summed E-state index contributed by atoms with van der Waals surface area (Å²) in [5.41, 5.74) is 4.64. The van der Waals surface area contributed by atoms with Crippen LogP contribution in [0.5, 0.6) is 5.75 Å². The van der Waals surface area contributed by atoms with Crippen molar-refractivity contribution in [3.63, 3.8) is 0 Å². The van der Waals surface area contributed by atoms with Gasteiger partial charge in [0.25, 0.3) is 5.91 Å². The van der Waals surface area contributed by atoms with Gasteiger partial charge in [-0.15, -0.1) is 11.3 Å². The molecule has 3 aromatic carbocycles. The van der Waals surface area contributed by atoms with Crippen molar-refractivity contribution >= 4 is 55.6 Å². The lowest BCUT2D eigenvalue weighted by Crippen LogP contribution is -2.44. The smallest absolute Gasteiger partial charge is 0.355 e. The van der Waals surface area contributed by atoms with Crippen LogP contribution in [-0.4, -0.2) is 95.3 Å². The number of carbonyl (C=O) groups excluding carboxylic acids is 1. The van der Waals surface area contributed by atoms with E-state index in [-0.39, 0.29) is 36.1 Å². The molecule has 2 aromatic heterocycles. The summed E-state index contributed by atoms with van der Waals surface area (Å²) >= 11 is 2.61. The minimum Gasteiger partial charge on any atom is -0.489 e. The van der Waals surface area contributed by atoms with Crippen LogP contribution in [0.1, 0.15) is 36.9 Å². The van der Waals surface area contributed by atoms with Gasteiger partial charge in [-0.05, 0) is 35.7 Å². The molecule has 2 aliphatic rings. The van der Waals surface area contributed by atoms with Gasteiger partial charge < -0.3 is 19.9 Å². The van der Waals surface area contributed by atoms with E-state index in [4.69, 9.17) is 9.47 Å². The van der Waals surface area contributed by atoms with Gasteiger partial charge in [0.1, 0.15) is 12.4 Å². The summed E-state index contributed by atoms with van der Waals surface area (Å²) in [7, 11) is 0.